The molecule has 1 aliphatic carbocycles. The van der Waals surface area contributed by atoms with Crippen LogP contribution in [-0.4, -0.2) is 25.9 Å². The van der Waals surface area contributed by atoms with Crippen molar-refractivity contribution in [1.82, 2.24) is 0 Å². The van der Waals surface area contributed by atoms with Gasteiger partial charge in [0.1, 0.15) is 11.3 Å². The maximum atomic E-state index is 9.41. The van der Waals surface area contributed by atoms with Crippen molar-refractivity contribution in [1.29, 1.82) is 0 Å². The number of benzene rings is 3. The summed E-state index contributed by atoms with van der Waals surface area (Å²) in [7, 11) is 3.99. The van der Waals surface area contributed by atoms with E-state index in [1.54, 1.807) is 6.07 Å². The standard InChI is InChI=1S/C23H22N2O3/c1-4-24-15-9-11-18-21(13-15)27-22-14-16(25(2)3)10-12-19(22)23(18)17-7-5-6-8-20(17)28-26/h5-14,26H,4H2,1-3H3. The van der Waals surface area contributed by atoms with Crippen LogP contribution < -0.4 is 15.1 Å². The summed E-state index contributed by atoms with van der Waals surface area (Å²) in [6.07, 6.45) is 0. The number of hydrogen-bond donors (Lipinski definition) is 1. The second-order valence-corrected chi connectivity index (χ2v) is 6.79. The minimum Gasteiger partial charge on any atom is -0.456 e. The van der Waals surface area contributed by atoms with E-state index in [1.807, 2.05) is 74.4 Å². The van der Waals surface area contributed by atoms with Crippen molar-refractivity contribution in [3.05, 3.63) is 66.0 Å². The monoisotopic (exact) mass is 374 g/mol. The van der Waals surface area contributed by atoms with Gasteiger partial charge >= 0.3 is 0 Å². The Labute approximate surface area is 163 Å². The number of nitrogens with zero attached hydrogens (tertiary/aromatic N) is 2. The van der Waals surface area contributed by atoms with Crippen LogP contribution in [0.2, 0.25) is 0 Å². The van der Waals surface area contributed by atoms with Gasteiger partial charge in [-0.25, -0.2) is 5.26 Å². The fourth-order valence-corrected chi connectivity index (χ4v) is 3.47. The van der Waals surface area contributed by atoms with Gasteiger partial charge in [0.25, 0.3) is 0 Å². The topological polar surface area (TPSA) is 58.2 Å². The van der Waals surface area contributed by atoms with Crippen LogP contribution in [0, 0.1) is 0 Å². The highest BCUT2D eigenvalue weighted by molar-refractivity contribution is 6.03. The summed E-state index contributed by atoms with van der Waals surface area (Å²) in [5.41, 5.74) is 4.49. The van der Waals surface area contributed by atoms with Gasteiger partial charge in [0.15, 0.2) is 5.75 Å². The van der Waals surface area contributed by atoms with Crippen molar-refractivity contribution in [3.63, 3.8) is 0 Å². The van der Waals surface area contributed by atoms with E-state index in [4.69, 9.17) is 4.42 Å². The number of hydrogen-bond acceptors (Lipinski definition) is 5. The first kappa shape index (κ1) is 18.1. The summed E-state index contributed by atoms with van der Waals surface area (Å²) in [4.78, 5) is 11.2. The predicted molar refractivity (Wildman–Crippen MR) is 112 cm³/mol. The van der Waals surface area contributed by atoms with Gasteiger partial charge in [-0.1, -0.05) is 18.2 Å². The second-order valence-electron chi connectivity index (χ2n) is 6.79. The van der Waals surface area contributed by atoms with Crippen LogP contribution >= 0.6 is 0 Å². The molecule has 2 aromatic carbocycles. The zero-order valence-corrected chi connectivity index (χ0v) is 16.1. The van der Waals surface area contributed by atoms with E-state index in [0.29, 0.717) is 12.3 Å². The average Bonchev–Trinajstić information content (AvgIpc) is 2.71. The van der Waals surface area contributed by atoms with Crippen LogP contribution in [0.3, 0.4) is 0 Å². The Morgan fingerprint density at radius 1 is 1.00 bits per heavy atom. The number of fused-ring (bicyclic) bond motifs is 2. The third-order valence-corrected chi connectivity index (χ3v) is 4.80. The summed E-state index contributed by atoms with van der Waals surface area (Å²) in [6, 6.07) is 19.5. The van der Waals surface area contributed by atoms with Crippen LogP contribution in [0.5, 0.6) is 5.75 Å². The van der Waals surface area contributed by atoms with Gasteiger partial charge < -0.3 is 14.2 Å². The second kappa shape index (κ2) is 7.37. The van der Waals surface area contributed by atoms with E-state index in [-0.39, 0.29) is 0 Å². The van der Waals surface area contributed by atoms with Gasteiger partial charge in [-0.3, -0.25) is 4.99 Å². The van der Waals surface area contributed by atoms with Crippen LogP contribution in [-0.2, 0) is 0 Å². The molecule has 2 aliphatic rings. The minimum atomic E-state index is 0.398. The molecule has 0 fully saturated rings. The molecule has 0 unspecified atom stereocenters. The van der Waals surface area contributed by atoms with Gasteiger partial charge in [-0.15, -0.1) is 0 Å². The molecule has 1 aliphatic heterocycles. The van der Waals surface area contributed by atoms with Crippen molar-refractivity contribution >= 4 is 16.7 Å². The molecule has 0 aromatic heterocycles. The third kappa shape index (κ3) is 3.10. The van der Waals surface area contributed by atoms with Crippen LogP contribution in [0.25, 0.3) is 33.4 Å². The maximum Gasteiger partial charge on any atom is 0.172 e. The predicted octanol–water partition coefficient (Wildman–Crippen LogP) is 5.04. The Hall–Kier alpha value is -3.31. The Morgan fingerprint density at radius 3 is 2.57 bits per heavy atom. The highest BCUT2D eigenvalue weighted by Gasteiger charge is 2.20. The fourth-order valence-electron chi connectivity index (χ4n) is 3.47. The molecule has 0 atom stereocenters. The largest absolute Gasteiger partial charge is 0.456 e. The summed E-state index contributed by atoms with van der Waals surface area (Å²) in [5.74, 6) is 1.14. The highest BCUT2D eigenvalue weighted by Crippen LogP contribution is 2.43. The fraction of sp³-hybridized carbons (Fsp3) is 0.174. The highest BCUT2D eigenvalue weighted by atomic mass is 17.1. The lowest BCUT2D eigenvalue weighted by Gasteiger charge is -2.18. The Balaban J connectivity index is 2.14. The van der Waals surface area contributed by atoms with Crippen LogP contribution in [0.15, 0.2) is 70.1 Å². The van der Waals surface area contributed by atoms with Gasteiger partial charge in [0.2, 0.25) is 0 Å². The average molecular weight is 374 g/mol. The zero-order chi connectivity index (χ0) is 19.7. The summed E-state index contributed by atoms with van der Waals surface area (Å²) in [5, 5.41) is 11.2. The summed E-state index contributed by atoms with van der Waals surface area (Å²) in [6.45, 7) is 2.71. The summed E-state index contributed by atoms with van der Waals surface area (Å²) < 4.78 is 6.27. The number of para-hydroxylation sites is 1. The van der Waals surface area contributed by atoms with E-state index in [9.17, 15) is 5.26 Å². The first-order chi connectivity index (χ1) is 13.6. The number of rotatable bonds is 4. The lowest BCUT2D eigenvalue weighted by molar-refractivity contribution is -0.137. The normalized spacial score (nSPS) is 11.9. The van der Waals surface area contributed by atoms with Crippen LogP contribution in [0.1, 0.15) is 6.92 Å². The molecule has 0 saturated heterocycles. The van der Waals surface area contributed by atoms with Gasteiger partial charge in [-0.05, 0) is 37.3 Å². The molecule has 142 valence electrons. The quantitative estimate of drug-likeness (QED) is 0.309. The molecule has 1 heterocycles. The first-order valence-electron chi connectivity index (χ1n) is 9.21. The SMILES string of the molecule is CCN=c1ccc2c(-c3ccccc3OO)c3ccc(N(C)C)cc3oc-2c1. The lowest BCUT2D eigenvalue weighted by atomic mass is 9.93. The van der Waals surface area contributed by atoms with Crippen molar-refractivity contribution < 1.29 is 14.6 Å². The Bertz CT molecular complexity index is 1180. The molecular formula is C23H22N2O3. The van der Waals surface area contributed by atoms with Gasteiger partial charge in [0.05, 0.1) is 5.36 Å². The van der Waals surface area contributed by atoms with Crippen molar-refractivity contribution in [2.75, 3.05) is 25.5 Å². The van der Waals surface area contributed by atoms with E-state index in [1.165, 1.54) is 0 Å². The lowest BCUT2D eigenvalue weighted by Crippen LogP contribution is -2.08. The van der Waals surface area contributed by atoms with Crippen molar-refractivity contribution in [2.45, 2.75) is 6.92 Å². The van der Waals surface area contributed by atoms with E-state index >= 15 is 0 Å². The molecule has 5 heteroatoms. The molecule has 1 N–H and O–H groups in total. The molecule has 0 bridgehead atoms. The number of anilines is 1. The third-order valence-electron chi connectivity index (χ3n) is 4.80. The molecule has 0 saturated carbocycles. The molecule has 4 rings (SSSR count). The van der Waals surface area contributed by atoms with Crippen LogP contribution in [0.4, 0.5) is 5.69 Å². The van der Waals surface area contributed by atoms with E-state index < -0.39 is 0 Å². The van der Waals surface area contributed by atoms with E-state index in [2.05, 4.69) is 15.9 Å². The summed E-state index contributed by atoms with van der Waals surface area (Å²) >= 11 is 0. The zero-order valence-electron chi connectivity index (χ0n) is 16.1. The Morgan fingerprint density at radius 2 is 1.82 bits per heavy atom. The Kier molecular flexibility index (Phi) is 4.75. The first-order valence-corrected chi connectivity index (χ1v) is 9.21. The molecule has 28 heavy (non-hydrogen) atoms. The van der Waals surface area contributed by atoms with E-state index in [0.717, 1.165) is 44.5 Å². The minimum absolute atomic E-state index is 0.398. The van der Waals surface area contributed by atoms with Crippen molar-refractivity contribution in [3.8, 4) is 28.2 Å². The maximum absolute atomic E-state index is 9.41. The van der Waals surface area contributed by atoms with Gasteiger partial charge in [0, 0.05) is 60.5 Å². The molecule has 5 nitrogen and oxygen atoms in total. The smallest absolute Gasteiger partial charge is 0.172 e. The molecular weight excluding hydrogens is 352 g/mol. The molecule has 2 aromatic rings. The van der Waals surface area contributed by atoms with Gasteiger partial charge in [-0.2, -0.15) is 0 Å². The molecule has 0 spiro atoms. The molecule has 0 radical (unpaired) electrons. The van der Waals surface area contributed by atoms with Crippen molar-refractivity contribution in [2.24, 2.45) is 4.99 Å². The molecule has 0 amide bonds.